The van der Waals surface area contributed by atoms with E-state index in [2.05, 4.69) is 0 Å². The molecule has 4 heteroatoms. The topological polar surface area (TPSA) is 46.5 Å². The first-order valence-electron chi connectivity index (χ1n) is 3.70. The monoisotopic (exact) mass is 368 g/mol. The van der Waals surface area contributed by atoms with E-state index in [1.165, 1.54) is 12.1 Å². The number of aromatic hydroxyl groups is 1. The average molecular weight is 367 g/mol. The van der Waals surface area contributed by atoms with E-state index in [0.717, 1.165) is 0 Å². The molecule has 0 radical (unpaired) electrons. The van der Waals surface area contributed by atoms with Crippen molar-refractivity contribution < 1.29 is 42.3 Å². The van der Waals surface area contributed by atoms with Gasteiger partial charge in [0, 0.05) is 27.7 Å². The molecule has 0 heterocycles. The van der Waals surface area contributed by atoms with Gasteiger partial charge in [0.05, 0.1) is 6.61 Å². The molecule has 3 nitrogen and oxygen atoms in total. The van der Waals surface area contributed by atoms with Crippen LogP contribution in [0.15, 0.2) is 24.3 Å². The van der Waals surface area contributed by atoms with Gasteiger partial charge in [-0.3, -0.25) is 0 Å². The molecule has 0 aliphatic carbocycles. The number of phenolic OH excluding ortho intramolecular Hbond substituents is 1. The number of benzene rings is 1. The molecule has 66 valence electrons. The summed E-state index contributed by atoms with van der Waals surface area (Å²) in [6, 6.07) is 6.30. The van der Waals surface area contributed by atoms with E-state index < -0.39 is 5.97 Å². The van der Waals surface area contributed by atoms with E-state index >= 15 is 0 Å². The van der Waals surface area contributed by atoms with E-state index in [9.17, 15) is 9.90 Å². The molecule has 0 unspecified atom stereocenters. The summed E-state index contributed by atoms with van der Waals surface area (Å²) in [5, 5.41) is 9.21. The number of esters is 1. The molecule has 0 saturated heterocycles. The minimum Gasteiger partial charge on any atom is -0.507 e. The maximum Gasteiger partial charge on any atom is 0.341 e. The number of hydrogen-bond donors (Lipinski definition) is 1. The normalized spacial score (nSPS) is 8.69. The summed E-state index contributed by atoms with van der Waals surface area (Å²) in [6.07, 6.45) is 0. The third-order valence-electron chi connectivity index (χ3n) is 1.40. The molecule has 0 amide bonds. The number of carbonyl (C=O) groups is 1. The van der Waals surface area contributed by atoms with Gasteiger partial charge in [-0.25, -0.2) is 4.79 Å². The fourth-order valence-corrected chi connectivity index (χ4v) is 0.855. The average Bonchev–Trinajstić information content (AvgIpc) is 2.05. The molecule has 1 rings (SSSR count). The Labute approximate surface area is 97.2 Å². The summed E-state index contributed by atoms with van der Waals surface area (Å²) >= 11 is 0. The van der Waals surface area contributed by atoms with Crippen LogP contribution in [0.5, 0.6) is 5.75 Å². The van der Waals surface area contributed by atoms with E-state index in [1.807, 2.05) is 0 Å². The minimum atomic E-state index is -0.490. The molecule has 1 aromatic rings. The van der Waals surface area contributed by atoms with Crippen molar-refractivity contribution >= 4 is 5.97 Å². The first-order valence-corrected chi connectivity index (χ1v) is 3.70. The molecule has 0 saturated carbocycles. The van der Waals surface area contributed by atoms with Crippen LogP contribution >= 0.6 is 0 Å². The maximum absolute atomic E-state index is 11.1. The predicted molar refractivity (Wildman–Crippen MR) is 44.1 cm³/mol. The Morgan fingerprint density at radius 3 is 2.62 bits per heavy atom. The number of ether oxygens (including phenoxy) is 1. The third kappa shape index (κ3) is 3.34. The van der Waals surface area contributed by atoms with Crippen LogP contribution in [0, 0.1) is 0 Å². The summed E-state index contributed by atoms with van der Waals surface area (Å²) in [7, 11) is 0. The van der Waals surface area contributed by atoms with Gasteiger partial charge in [-0.1, -0.05) is 12.1 Å². The zero-order chi connectivity index (χ0) is 8.97. The van der Waals surface area contributed by atoms with E-state index in [-0.39, 0.29) is 39.0 Å². The van der Waals surface area contributed by atoms with E-state index in [1.54, 1.807) is 19.1 Å². The fourth-order valence-electron chi connectivity index (χ4n) is 0.855. The number of carbonyl (C=O) groups excluding carboxylic acids is 1. The van der Waals surface area contributed by atoms with Gasteiger partial charge in [0.1, 0.15) is 11.3 Å². The van der Waals surface area contributed by atoms with Crippen molar-refractivity contribution in [1.82, 2.24) is 0 Å². The predicted octanol–water partition coefficient (Wildman–Crippen LogP) is 1.57. The molecule has 0 aromatic heterocycles. The van der Waals surface area contributed by atoms with Crippen LogP contribution in [0.1, 0.15) is 17.3 Å². The molecular formula is C9H10HgO3. The Balaban J connectivity index is 0.00000144. The van der Waals surface area contributed by atoms with Gasteiger partial charge in [-0.15, -0.1) is 0 Å². The first kappa shape index (κ1) is 12.4. The second-order valence-electron chi connectivity index (χ2n) is 2.24. The SMILES string of the molecule is CCOC(=O)c1ccccc1O.[Hg]. The summed E-state index contributed by atoms with van der Waals surface area (Å²) in [5.41, 5.74) is 0.208. The molecule has 0 atom stereocenters. The van der Waals surface area contributed by atoms with E-state index in [4.69, 9.17) is 4.74 Å². The van der Waals surface area contributed by atoms with Crippen molar-refractivity contribution in [1.29, 1.82) is 0 Å². The number of phenols is 1. The number of hydrogen-bond acceptors (Lipinski definition) is 3. The van der Waals surface area contributed by atoms with Crippen molar-refractivity contribution in [3.05, 3.63) is 29.8 Å². The Kier molecular flexibility index (Phi) is 5.70. The Bertz CT molecular complexity index is 286. The summed E-state index contributed by atoms with van der Waals surface area (Å²) < 4.78 is 4.71. The van der Waals surface area contributed by atoms with E-state index in [0.29, 0.717) is 6.61 Å². The van der Waals surface area contributed by atoms with Crippen LogP contribution in [0.4, 0.5) is 0 Å². The van der Waals surface area contributed by atoms with Crippen molar-refractivity contribution in [2.24, 2.45) is 0 Å². The first-order chi connectivity index (χ1) is 5.75. The van der Waals surface area contributed by atoms with Gasteiger partial charge < -0.3 is 9.84 Å². The molecular weight excluding hydrogens is 357 g/mol. The van der Waals surface area contributed by atoms with Crippen LogP contribution in [-0.4, -0.2) is 17.7 Å². The van der Waals surface area contributed by atoms with Crippen molar-refractivity contribution in [2.45, 2.75) is 6.92 Å². The summed E-state index contributed by atoms with van der Waals surface area (Å²) in [4.78, 5) is 11.1. The van der Waals surface area contributed by atoms with Gasteiger partial charge in [-0.2, -0.15) is 0 Å². The maximum atomic E-state index is 11.1. The second-order valence-corrected chi connectivity index (χ2v) is 2.24. The molecule has 1 N–H and O–H groups in total. The summed E-state index contributed by atoms with van der Waals surface area (Å²) in [6.45, 7) is 2.03. The van der Waals surface area contributed by atoms with Gasteiger partial charge in [0.25, 0.3) is 0 Å². The van der Waals surface area contributed by atoms with Crippen molar-refractivity contribution in [2.75, 3.05) is 6.61 Å². The van der Waals surface area contributed by atoms with Gasteiger partial charge in [0.2, 0.25) is 0 Å². The Morgan fingerprint density at radius 2 is 2.08 bits per heavy atom. The molecule has 0 bridgehead atoms. The molecule has 1 aromatic carbocycles. The van der Waals surface area contributed by atoms with Crippen LogP contribution in [-0.2, 0) is 32.4 Å². The van der Waals surface area contributed by atoms with Crippen molar-refractivity contribution in [3.63, 3.8) is 0 Å². The second kappa shape index (κ2) is 5.97. The van der Waals surface area contributed by atoms with Crippen LogP contribution in [0.2, 0.25) is 0 Å². The zero-order valence-electron chi connectivity index (χ0n) is 7.49. The number of rotatable bonds is 2. The van der Waals surface area contributed by atoms with Gasteiger partial charge in [0.15, 0.2) is 0 Å². The molecule has 0 aliphatic heterocycles. The third-order valence-corrected chi connectivity index (χ3v) is 1.40. The number of para-hydroxylation sites is 1. The van der Waals surface area contributed by atoms with Crippen LogP contribution < -0.4 is 0 Å². The largest absolute Gasteiger partial charge is 0.507 e. The van der Waals surface area contributed by atoms with Crippen LogP contribution in [0.3, 0.4) is 0 Å². The Hall–Kier alpha value is -0.575. The standard InChI is InChI=1S/C9H10O3.Hg/c1-2-12-9(11)7-5-3-4-6-8(7)10;/h3-6,10H,2H2,1H3;. The fraction of sp³-hybridized carbons (Fsp3) is 0.222. The molecule has 13 heavy (non-hydrogen) atoms. The quantitative estimate of drug-likeness (QED) is 0.638. The van der Waals surface area contributed by atoms with Gasteiger partial charge in [-0.05, 0) is 19.1 Å². The smallest absolute Gasteiger partial charge is 0.341 e. The zero-order valence-corrected chi connectivity index (χ0v) is 13.0. The minimum absolute atomic E-state index is 0. The molecule has 0 spiro atoms. The summed E-state index contributed by atoms with van der Waals surface area (Å²) in [5.74, 6) is -0.536. The van der Waals surface area contributed by atoms with Crippen LogP contribution in [0.25, 0.3) is 0 Å². The molecule has 0 aliphatic rings. The Morgan fingerprint density at radius 1 is 1.46 bits per heavy atom. The van der Waals surface area contributed by atoms with Crippen molar-refractivity contribution in [3.8, 4) is 5.75 Å². The van der Waals surface area contributed by atoms with Gasteiger partial charge >= 0.3 is 5.97 Å². The molecule has 0 fully saturated rings.